The van der Waals surface area contributed by atoms with Gasteiger partial charge in [-0.2, -0.15) is 0 Å². The molecule has 88 valence electrons. The van der Waals surface area contributed by atoms with Crippen molar-refractivity contribution in [2.45, 2.75) is 44.7 Å². The highest BCUT2D eigenvalue weighted by Crippen LogP contribution is 2.29. The fraction of sp³-hybridized carbons (Fsp3) is 0.538. The third-order valence-electron chi connectivity index (χ3n) is 3.29. The predicted molar refractivity (Wildman–Crippen MR) is 70.0 cm³/mol. The van der Waals surface area contributed by atoms with Crippen LogP contribution in [0.3, 0.4) is 0 Å². The molecule has 3 heteroatoms. The van der Waals surface area contributed by atoms with Crippen molar-refractivity contribution in [3.05, 3.63) is 28.8 Å². The summed E-state index contributed by atoms with van der Waals surface area (Å²) in [6, 6.07) is 6.81. The molecule has 1 aromatic carbocycles. The molecule has 1 aliphatic carbocycles. The van der Waals surface area contributed by atoms with Crippen molar-refractivity contribution < 1.29 is 0 Å². The van der Waals surface area contributed by atoms with E-state index in [-0.39, 0.29) is 0 Å². The van der Waals surface area contributed by atoms with E-state index in [9.17, 15) is 0 Å². The normalized spacial score (nSPS) is 25.4. The number of rotatable bonds is 2. The van der Waals surface area contributed by atoms with Gasteiger partial charge in [-0.1, -0.05) is 23.7 Å². The number of nitrogens with two attached hydrogens (primary N) is 1. The second kappa shape index (κ2) is 5.07. The molecule has 1 aliphatic rings. The molecule has 0 bridgehead atoms. The summed E-state index contributed by atoms with van der Waals surface area (Å²) in [5.41, 5.74) is 8.25. The van der Waals surface area contributed by atoms with E-state index < -0.39 is 0 Å². The summed E-state index contributed by atoms with van der Waals surface area (Å²) in [7, 11) is 0. The Morgan fingerprint density at radius 1 is 1.38 bits per heavy atom. The molecule has 0 heterocycles. The van der Waals surface area contributed by atoms with E-state index >= 15 is 0 Å². The van der Waals surface area contributed by atoms with Gasteiger partial charge in [0.15, 0.2) is 0 Å². The minimum Gasteiger partial charge on any atom is -0.381 e. The smallest absolute Gasteiger partial charge is 0.0640 e. The average Bonchev–Trinajstić information content (AvgIpc) is 2.24. The molecule has 16 heavy (non-hydrogen) atoms. The summed E-state index contributed by atoms with van der Waals surface area (Å²) in [5.74, 6) is 0. The summed E-state index contributed by atoms with van der Waals surface area (Å²) >= 11 is 6.19. The van der Waals surface area contributed by atoms with Crippen LogP contribution in [0.4, 0.5) is 5.69 Å². The SMILES string of the molecule is Cc1cccc(Cl)c1NC1CCCC(N)C1. The highest BCUT2D eigenvalue weighted by atomic mass is 35.5. The quantitative estimate of drug-likeness (QED) is 0.830. The maximum absolute atomic E-state index is 6.19. The third-order valence-corrected chi connectivity index (χ3v) is 3.60. The van der Waals surface area contributed by atoms with Crippen LogP contribution in [0.15, 0.2) is 18.2 Å². The number of hydrogen-bond donors (Lipinski definition) is 2. The first kappa shape index (κ1) is 11.7. The topological polar surface area (TPSA) is 38.0 Å². The summed E-state index contributed by atoms with van der Waals surface area (Å²) in [5, 5.41) is 4.34. The molecular formula is C13H19ClN2. The number of aryl methyl sites for hydroxylation is 1. The molecule has 1 saturated carbocycles. The maximum Gasteiger partial charge on any atom is 0.0640 e. The van der Waals surface area contributed by atoms with E-state index in [1.54, 1.807) is 0 Å². The van der Waals surface area contributed by atoms with Crippen LogP contribution in [0.5, 0.6) is 0 Å². The number of halogens is 1. The van der Waals surface area contributed by atoms with Crippen molar-refractivity contribution in [2.24, 2.45) is 5.73 Å². The van der Waals surface area contributed by atoms with Crippen LogP contribution in [0.2, 0.25) is 5.02 Å². The molecule has 1 aromatic rings. The zero-order valence-corrected chi connectivity index (χ0v) is 10.4. The predicted octanol–water partition coefficient (Wildman–Crippen LogP) is 3.33. The minimum atomic E-state index is 0.342. The number of nitrogens with one attached hydrogen (secondary N) is 1. The van der Waals surface area contributed by atoms with Crippen molar-refractivity contribution in [3.8, 4) is 0 Å². The van der Waals surface area contributed by atoms with Crippen LogP contribution in [-0.2, 0) is 0 Å². The molecule has 0 radical (unpaired) electrons. The molecule has 2 rings (SSSR count). The van der Waals surface area contributed by atoms with Gasteiger partial charge in [-0.15, -0.1) is 0 Å². The molecule has 0 aliphatic heterocycles. The Morgan fingerprint density at radius 3 is 2.88 bits per heavy atom. The van der Waals surface area contributed by atoms with E-state index in [4.69, 9.17) is 17.3 Å². The van der Waals surface area contributed by atoms with Gasteiger partial charge in [0.25, 0.3) is 0 Å². The molecule has 0 aromatic heterocycles. The first-order valence-corrected chi connectivity index (χ1v) is 6.32. The van der Waals surface area contributed by atoms with Crippen LogP contribution in [-0.4, -0.2) is 12.1 Å². The lowest BCUT2D eigenvalue weighted by Crippen LogP contribution is -2.35. The van der Waals surface area contributed by atoms with Gasteiger partial charge in [-0.3, -0.25) is 0 Å². The van der Waals surface area contributed by atoms with Gasteiger partial charge in [0, 0.05) is 12.1 Å². The Bertz CT molecular complexity index is 345. The van der Waals surface area contributed by atoms with Gasteiger partial charge in [-0.25, -0.2) is 0 Å². The third kappa shape index (κ3) is 2.69. The Morgan fingerprint density at radius 2 is 2.19 bits per heavy atom. The first-order chi connectivity index (χ1) is 7.66. The van der Waals surface area contributed by atoms with E-state index in [0.29, 0.717) is 12.1 Å². The average molecular weight is 239 g/mol. The second-order valence-electron chi connectivity index (χ2n) is 4.70. The highest BCUT2D eigenvalue weighted by Gasteiger charge is 2.19. The molecule has 3 N–H and O–H groups in total. The number of para-hydroxylation sites is 1. The van der Waals surface area contributed by atoms with E-state index in [1.807, 2.05) is 12.1 Å². The van der Waals surface area contributed by atoms with E-state index in [0.717, 1.165) is 23.6 Å². The first-order valence-electron chi connectivity index (χ1n) is 5.94. The zero-order valence-electron chi connectivity index (χ0n) is 9.67. The number of hydrogen-bond acceptors (Lipinski definition) is 2. The van der Waals surface area contributed by atoms with Crippen molar-refractivity contribution in [3.63, 3.8) is 0 Å². The highest BCUT2D eigenvalue weighted by molar-refractivity contribution is 6.33. The number of anilines is 1. The molecule has 2 unspecified atom stereocenters. The lowest BCUT2D eigenvalue weighted by Gasteiger charge is -2.29. The Labute approximate surface area is 102 Å². The van der Waals surface area contributed by atoms with Crippen molar-refractivity contribution in [2.75, 3.05) is 5.32 Å². The Balaban J connectivity index is 2.08. The van der Waals surface area contributed by atoms with Crippen LogP contribution in [0, 0.1) is 6.92 Å². The van der Waals surface area contributed by atoms with Gasteiger partial charge >= 0.3 is 0 Å². The van der Waals surface area contributed by atoms with Crippen LogP contribution in [0.25, 0.3) is 0 Å². The van der Waals surface area contributed by atoms with Crippen LogP contribution >= 0.6 is 11.6 Å². The lowest BCUT2D eigenvalue weighted by atomic mass is 9.91. The molecular weight excluding hydrogens is 220 g/mol. The van der Waals surface area contributed by atoms with Crippen LogP contribution in [0.1, 0.15) is 31.2 Å². The summed E-state index contributed by atoms with van der Waals surface area (Å²) < 4.78 is 0. The Hall–Kier alpha value is -0.730. The molecule has 0 saturated heterocycles. The second-order valence-corrected chi connectivity index (χ2v) is 5.11. The fourth-order valence-electron chi connectivity index (χ4n) is 2.38. The van der Waals surface area contributed by atoms with Gasteiger partial charge in [0.05, 0.1) is 10.7 Å². The fourth-order valence-corrected chi connectivity index (χ4v) is 2.65. The number of benzene rings is 1. The summed E-state index contributed by atoms with van der Waals surface area (Å²) in [6.45, 7) is 2.08. The van der Waals surface area contributed by atoms with Gasteiger partial charge in [-0.05, 0) is 44.2 Å². The summed E-state index contributed by atoms with van der Waals surface area (Å²) in [6.07, 6.45) is 4.60. The van der Waals surface area contributed by atoms with Crippen molar-refractivity contribution in [1.29, 1.82) is 0 Å². The minimum absolute atomic E-state index is 0.342. The van der Waals surface area contributed by atoms with Crippen molar-refractivity contribution >= 4 is 17.3 Å². The standard InChI is InChI=1S/C13H19ClN2/c1-9-4-2-7-12(14)13(9)16-11-6-3-5-10(15)8-11/h2,4,7,10-11,16H,3,5-6,8,15H2,1H3. The lowest BCUT2D eigenvalue weighted by molar-refractivity contribution is 0.409. The molecule has 0 spiro atoms. The monoisotopic (exact) mass is 238 g/mol. The molecule has 1 fully saturated rings. The molecule has 2 atom stereocenters. The maximum atomic E-state index is 6.19. The largest absolute Gasteiger partial charge is 0.381 e. The van der Waals surface area contributed by atoms with Gasteiger partial charge in [0.1, 0.15) is 0 Å². The molecule has 0 amide bonds. The van der Waals surface area contributed by atoms with Gasteiger partial charge < -0.3 is 11.1 Å². The van der Waals surface area contributed by atoms with Gasteiger partial charge in [0.2, 0.25) is 0 Å². The van der Waals surface area contributed by atoms with Crippen LogP contribution < -0.4 is 11.1 Å². The van der Waals surface area contributed by atoms with E-state index in [2.05, 4.69) is 18.3 Å². The van der Waals surface area contributed by atoms with E-state index in [1.165, 1.54) is 18.4 Å². The zero-order chi connectivity index (χ0) is 11.5. The van der Waals surface area contributed by atoms with Crippen molar-refractivity contribution in [1.82, 2.24) is 0 Å². The Kier molecular flexibility index (Phi) is 3.72. The molecule has 2 nitrogen and oxygen atoms in total. The summed E-state index contributed by atoms with van der Waals surface area (Å²) in [4.78, 5) is 0.